The first-order valence-corrected chi connectivity index (χ1v) is 12.2. The highest BCUT2D eigenvalue weighted by Gasteiger charge is 2.08. The fraction of sp³-hybridized carbons (Fsp3) is 0.0645. The van der Waals surface area contributed by atoms with Gasteiger partial charge in [0.2, 0.25) is 5.95 Å². The van der Waals surface area contributed by atoms with E-state index in [9.17, 15) is 4.79 Å². The lowest BCUT2D eigenvalue weighted by Gasteiger charge is -2.11. The number of nitrogens with zero attached hydrogens (tertiary/aromatic N) is 2. The Bertz CT molecular complexity index is 1520. The van der Waals surface area contributed by atoms with Gasteiger partial charge in [-0.1, -0.05) is 35.9 Å². The normalized spacial score (nSPS) is 10.5. The summed E-state index contributed by atoms with van der Waals surface area (Å²) in [5, 5.41) is 9.46. The zero-order chi connectivity index (χ0) is 26.3. The third-order valence-corrected chi connectivity index (χ3v) is 5.67. The quantitative estimate of drug-likeness (QED) is 0.203. The van der Waals surface area contributed by atoms with Gasteiger partial charge in [-0.2, -0.15) is 4.98 Å². The van der Waals surface area contributed by atoms with Crippen molar-refractivity contribution in [3.63, 3.8) is 0 Å². The predicted molar refractivity (Wildman–Crippen MR) is 152 cm³/mol. The molecule has 0 saturated heterocycles. The molecule has 0 spiro atoms. The third kappa shape index (κ3) is 6.53. The SMILES string of the molecule is Cc1ccc(Nc2cc(C)nc(Nc3ccc(NC(=O)c4ccc(Oc5ccccc5)cc4)cc3)n2)cc1. The van der Waals surface area contributed by atoms with Gasteiger partial charge in [0.1, 0.15) is 17.3 Å². The molecular weight excluding hydrogens is 474 g/mol. The molecule has 0 saturated carbocycles. The lowest BCUT2D eigenvalue weighted by molar-refractivity contribution is 0.102. The predicted octanol–water partition coefficient (Wildman–Crippen LogP) is 7.63. The van der Waals surface area contributed by atoms with E-state index in [1.807, 2.05) is 91.9 Å². The van der Waals surface area contributed by atoms with Crippen LogP contribution in [0.3, 0.4) is 0 Å². The maximum Gasteiger partial charge on any atom is 0.255 e. The first-order chi connectivity index (χ1) is 18.5. The summed E-state index contributed by atoms with van der Waals surface area (Å²) in [5.41, 5.74) is 5.01. The summed E-state index contributed by atoms with van der Waals surface area (Å²) in [6.45, 7) is 3.98. The van der Waals surface area contributed by atoms with Crippen LogP contribution in [0.1, 0.15) is 21.6 Å². The topological polar surface area (TPSA) is 88.2 Å². The van der Waals surface area contributed by atoms with Crippen molar-refractivity contribution in [3.05, 3.63) is 126 Å². The average molecular weight is 502 g/mol. The molecule has 5 rings (SSSR count). The fourth-order valence-corrected chi connectivity index (χ4v) is 3.74. The third-order valence-electron chi connectivity index (χ3n) is 5.67. The number of hydrogen-bond donors (Lipinski definition) is 3. The van der Waals surface area contributed by atoms with E-state index in [1.165, 1.54) is 5.56 Å². The smallest absolute Gasteiger partial charge is 0.255 e. The Morgan fingerprint density at radius 1 is 0.658 bits per heavy atom. The van der Waals surface area contributed by atoms with Crippen LogP contribution in [0, 0.1) is 13.8 Å². The van der Waals surface area contributed by atoms with E-state index >= 15 is 0 Å². The monoisotopic (exact) mass is 501 g/mol. The van der Waals surface area contributed by atoms with Crippen molar-refractivity contribution in [3.8, 4) is 11.5 Å². The van der Waals surface area contributed by atoms with Gasteiger partial charge in [0.15, 0.2) is 0 Å². The van der Waals surface area contributed by atoms with Crippen LogP contribution in [0.5, 0.6) is 11.5 Å². The standard InChI is InChI=1S/C31H27N5O2/c1-21-8-12-24(13-9-21)33-29-20-22(2)32-31(36-29)35-26-16-14-25(15-17-26)34-30(37)23-10-18-28(19-11-23)38-27-6-4-3-5-7-27/h3-20H,1-2H3,(H,34,37)(H2,32,33,35,36). The van der Waals surface area contributed by atoms with Gasteiger partial charge in [-0.3, -0.25) is 4.79 Å². The van der Waals surface area contributed by atoms with E-state index in [0.29, 0.717) is 28.8 Å². The number of rotatable bonds is 8. The molecule has 0 aliphatic heterocycles. The summed E-state index contributed by atoms with van der Waals surface area (Å²) in [6.07, 6.45) is 0. The van der Waals surface area contributed by atoms with Gasteiger partial charge >= 0.3 is 0 Å². The van der Waals surface area contributed by atoms with Crippen molar-refractivity contribution in [2.45, 2.75) is 13.8 Å². The maximum absolute atomic E-state index is 12.7. The minimum atomic E-state index is -0.203. The van der Waals surface area contributed by atoms with E-state index in [2.05, 4.69) is 32.8 Å². The van der Waals surface area contributed by atoms with Gasteiger partial charge in [0.25, 0.3) is 5.91 Å². The molecule has 0 radical (unpaired) electrons. The van der Waals surface area contributed by atoms with Crippen LogP contribution < -0.4 is 20.7 Å². The molecule has 0 bridgehead atoms. The van der Waals surface area contributed by atoms with Crippen LogP contribution in [0.25, 0.3) is 0 Å². The van der Waals surface area contributed by atoms with E-state index in [4.69, 9.17) is 4.74 Å². The molecule has 0 atom stereocenters. The molecule has 0 aliphatic carbocycles. The summed E-state index contributed by atoms with van der Waals surface area (Å²) in [7, 11) is 0. The number of aryl methyl sites for hydroxylation is 2. The number of benzene rings is 4. The fourth-order valence-electron chi connectivity index (χ4n) is 3.74. The van der Waals surface area contributed by atoms with Crippen molar-refractivity contribution >= 4 is 34.7 Å². The molecule has 0 aliphatic rings. The van der Waals surface area contributed by atoms with Crippen LogP contribution in [0.15, 0.2) is 109 Å². The molecule has 1 amide bonds. The highest BCUT2D eigenvalue weighted by molar-refractivity contribution is 6.04. The van der Waals surface area contributed by atoms with E-state index in [-0.39, 0.29) is 5.91 Å². The van der Waals surface area contributed by atoms with E-state index in [0.717, 1.165) is 22.8 Å². The first kappa shape index (κ1) is 24.5. The minimum absolute atomic E-state index is 0.203. The lowest BCUT2D eigenvalue weighted by atomic mass is 10.2. The molecule has 188 valence electrons. The number of carbonyl (C=O) groups excluding carboxylic acids is 1. The molecule has 0 unspecified atom stereocenters. The van der Waals surface area contributed by atoms with Crippen LogP contribution in [0.2, 0.25) is 0 Å². The van der Waals surface area contributed by atoms with E-state index < -0.39 is 0 Å². The van der Waals surface area contributed by atoms with Crippen molar-refractivity contribution in [1.29, 1.82) is 0 Å². The highest BCUT2D eigenvalue weighted by atomic mass is 16.5. The first-order valence-electron chi connectivity index (χ1n) is 12.2. The van der Waals surface area contributed by atoms with E-state index in [1.54, 1.807) is 24.3 Å². The Morgan fingerprint density at radius 3 is 1.97 bits per heavy atom. The summed E-state index contributed by atoms with van der Waals surface area (Å²) in [5.74, 6) is 2.39. The lowest BCUT2D eigenvalue weighted by Crippen LogP contribution is -2.11. The van der Waals surface area contributed by atoms with Crippen LogP contribution in [0.4, 0.5) is 28.8 Å². The zero-order valence-electron chi connectivity index (χ0n) is 21.1. The molecule has 4 aromatic carbocycles. The highest BCUT2D eigenvalue weighted by Crippen LogP contribution is 2.23. The van der Waals surface area contributed by atoms with Crippen LogP contribution in [-0.2, 0) is 0 Å². The van der Waals surface area contributed by atoms with Gasteiger partial charge in [0.05, 0.1) is 0 Å². The second kappa shape index (κ2) is 11.3. The molecule has 1 aromatic heterocycles. The van der Waals surface area contributed by atoms with Gasteiger partial charge in [-0.15, -0.1) is 0 Å². The Hall–Kier alpha value is -5.17. The Labute approximate surface area is 221 Å². The number of amides is 1. The molecule has 1 heterocycles. The number of para-hydroxylation sites is 1. The summed E-state index contributed by atoms with van der Waals surface area (Å²) in [4.78, 5) is 21.8. The van der Waals surface area contributed by atoms with Crippen molar-refractivity contribution in [2.24, 2.45) is 0 Å². The summed E-state index contributed by atoms with van der Waals surface area (Å²) in [6, 6.07) is 33.9. The largest absolute Gasteiger partial charge is 0.457 e. The van der Waals surface area contributed by atoms with Crippen molar-refractivity contribution < 1.29 is 9.53 Å². The van der Waals surface area contributed by atoms with Gasteiger partial charge in [-0.25, -0.2) is 4.98 Å². The maximum atomic E-state index is 12.7. The molecule has 7 heteroatoms. The Balaban J connectivity index is 1.19. The molecular formula is C31H27N5O2. The molecule has 7 nitrogen and oxygen atoms in total. The minimum Gasteiger partial charge on any atom is -0.457 e. The average Bonchev–Trinajstić information content (AvgIpc) is 2.92. The van der Waals surface area contributed by atoms with Gasteiger partial charge in [-0.05, 0) is 86.6 Å². The second-order valence-electron chi connectivity index (χ2n) is 8.81. The number of nitrogens with one attached hydrogen (secondary N) is 3. The molecule has 0 fully saturated rings. The number of hydrogen-bond acceptors (Lipinski definition) is 6. The zero-order valence-corrected chi connectivity index (χ0v) is 21.1. The Kier molecular flexibility index (Phi) is 7.27. The molecule has 38 heavy (non-hydrogen) atoms. The number of aromatic nitrogens is 2. The van der Waals surface area contributed by atoms with Gasteiger partial charge in [0, 0.05) is 34.4 Å². The second-order valence-corrected chi connectivity index (χ2v) is 8.81. The Morgan fingerprint density at radius 2 is 1.26 bits per heavy atom. The molecule has 5 aromatic rings. The summed E-state index contributed by atoms with van der Waals surface area (Å²) < 4.78 is 5.79. The number of ether oxygens (including phenoxy) is 1. The van der Waals surface area contributed by atoms with Crippen LogP contribution >= 0.6 is 0 Å². The number of anilines is 5. The summed E-state index contributed by atoms with van der Waals surface area (Å²) >= 11 is 0. The van der Waals surface area contributed by atoms with Crippen LogP contribution in [-0.4, -0.2) is 15.9 Å². The van der Waals surface area contributed by atoms with Crippen molar-refractivity contribution in [1.82, 2.24) is 9.97 Å². The molecule has 3 N–H and O–H groups in total. The number of carbonyl (C=O) groups is 1. The van der Waals surface area contributed by atoms with Crippen molar-refractivity contribution in [2.75, 3.05) is 16.0 Å². The van der Waals surface area contributed by atoms with Gasteiger partial charge < -0.3 is 20.7 Å².